The van der Waals surface area contributed by atoms with E-state index in [1.165, 1.54) is 19.3 Å². The summed E-state index contributed by atoms with van der Waals surface area (Å²) >= 11 is 0. The van der Waals surface area contributed by atoms with Crippen LogP contribution in [0.4, 0.5) is 0 Å². The van der Waals surface area contributed by atoms with Gasteiger partial charge in [-0.15, -0.1) is 0 Å². The van der Waals surface area contributed by atoms with Gasteiger partial charge in [0, 0.05) is 32.2 Å². The Kier molecular flexibility index (Phi) is 5.01. The smallest absolute Gasteiger partial charge is 0.227 e. The number of likely N-dealkylation sites (N-methyl/N-ethyl adjacent to an activating group) is 1. The minimum absolute atomic E-state index is 0.0840. The van der Waals surface area contributed by atoms with E-state index in [-0.39, 0.29) is 12.0 Å². The van der Waals surface area contributed by atoms with Gasteiger partial charge in [0.2, 0.25) is 5.91 Å². The highest BCUT2D eigenvalue weighted by atomic mass is 16.2. The molecule has 0 aromatic carbocycles. The van der Waals surface area contributed by atoms with E-state index in [2.05, 4.69) is 11.8 Å². The van der Waals surface area contributed by atoms with Crippen molar-refractivity contribution in [2.24, 2.45) is 11.7 Å². The summed E-state index contributed by atoms with van der Waals surface area (Å²) in [6, 6.07) is 0.0872. The van der Waals surface area contributed by atoms with Gasteiger partial charge in [0.05, 0.1) is 5.92 Å². The minimum Gasteiger partial charge on any atom is -0.340 e. The quantitative estimate of drug-likeness (QED) is 0.749. The number of hydrogen-bond donors (Lipinski definition) is 1. The predicted octanol–water partition coefficient (Wildman–Crippen LogP) is 1.06. The summed E-state index contributed by atoms with van der Waals surface area (Å²) in [6.45, 7) is 7.07. The van der Waals surface area contributed by atoms with Crippen molar-refractivity contribution in [3.05, 3.63) is 0 Å². The van der Waals surface area contributed by atoms with Gasteiger partial charge in [0.1, 0.15) is 0 Å². The molecule has 1 heterocycles. The first-order chi connectivity index (χ1) is 8.72. The summed E-state index contributed by atoms with van der Waals surface area (Å²) in [7, 11) is 0. The van der Waals surface area contributed by atoms with Crippen molar-refractivity contribution in [1.29, 1.82) is 0 Å². The molecule has 1 aliphatic carbocycles. The van der Waals surface area contributed by atoms with Gasteiger partial charge in [-0.3, -0.25) is 4.79 Å². The number of carbonyl (C=O) groups excluding carboxylic acids is 1. The molecule has 1 saturated heterocycles. The zero-order valence-corrected chi connectivity index (χ0v) is 11.6. The number of nitrogens with two attached hydrogens (primary N) is 1. The zero-order chi connectivity index (χ0) is 13.0. The highest BCUT2D eigenvalue weighted by Gasteiger charge is 2.31. The fourth-order valence-electron chi connectivity index (χ4n) is 3.16. The van der Waals surface area contributed by atoms with Gasteiger partial charge in [0.15, 0.2) is 0 Å². The van der Waals surface area contributed by atoms with Crippen LogP contribution < -0.4 is 5.73 Å². The molecule has 1 amide bonds. The molecule has 104 valence electrons. The third-order valence-electron chi connectivity index (χ3n) is 4.52. The average Bonchev–Trinajstić information content (AvgIpc) is 2.63. The van der Waals surface area contributed by atoms with Crippen LogP contribution in [-0.4, -0.2) is 54.5 Å². The fourth-order valence-corrected chi connectivity index (χ4v) is 3.16. The van der Waals surface area contributed by atoms with Gasteiger partial charge >= 0.3 is 0 Å². The number of rotatable bonds is 2. The Balaban J connectivity index is 1.90. The molecule has 1 aliphatic heterocycles. The minimum atomic E-state index is 0.0840. The molecule has 2 unspecified atom stereocenters. The normalized spacial score (nSPS) is 31.1. The van der Waals surface area contributed by atoms with Crippen LogP contribution in [0.15, 0.2) is 0 Å². The lowest BCUT2D eigenvalue weighted by molar-refractivity contribution is -0.138. The van der Waals surface area contributed by atoms with E-state index in [0.29, 0.717) is 5.91 Å². The van der Waals surface area contributed by atoms with Gasteiger partial charge in [-0.05, 0) is 19.4 Å². The summed E-state index contributed by atoms with van der Waals surface area (Å²) in [5.41, 5.74) is 6.18. The van der Waals surface area contributed by atoms with Crippen molar-refractivity contribution in [1.82, 2.24) is 9.80 Å². The van der Waals surface area contributed by atoms with Gasteiger partial charge < -0.3 is 15.5 Å². The zero-order valence-electron chi connectivity index (χ0n) is 11.6. The molecular formula is C14H27N3O. The first-order valence-corrected chi connectivity index (χ1v) is 7.49. The standard InChI is InChI=1S/C14H27N3O/c1-2-16-8-10-17(11-9-16)14(18)12-6-4-3-5-7-13(12)15/h12-13H,2-11,15H2,1H3. The molecule has 0 bridgehead atoms. The van der Waals surface area contributed by atoms with Crippen molar-refractivity contribution >= 4 is 5.91 Å². The van der Waals surface area contributed by atoms with E-state index in [4.69, 9.17) is 5.73 Å². The summed E-state index contributed by atoms with van der Waals surface area (Å²) in [6.07, 6.45) is 5.61. The van der Waals surface area contributed by atoms with Crippen LogP contribution in [-0.2, 0) is 4.79 Å². The van der Waals surface area contributed by atoms with E-state index in [1.807, 2.05) is 4.90 Å². The van der Waals surface area contributed by atoms with Gasteiger partial charge in [-0.2, -0.15) is 0 Å². The lowest BCUT2D eigenvalue weighted by Crippen LogP contribution is -2.52. The fraction of sp³-hybridized carbons (Fsp3) is 0.929. The predicted molar refractivity (Wildman–Crippen MR) is 73.2 cm³/mol. The van der Waals surface area contributed by atoms with Crippen molar-refractivity contribution in [2.45, 2.75) is 45.1 Å². The Morgan fingerprint density at radius 1 is 1.11 bits per heavy atom. The average molecular weight is 253 g/mol. The molecule has 2 rings (SSSR count). The Morgan fingerprint density at radius 3 is 2.44 bits per heavy atom. The Morgan fingerprint density at radius 2 is 1.78 bits per heavy atom. The molecule has 1 saturated carbocycles. The lowest BCUT2D eigenvalue weighted by atomic mass is 9.93. The first kappa shape index (κ1) is 13.8. The van der Waals surface area contributed by atoms with Gasteiger partial charge in [-0.1, -0.05) is 26.2 Å². The monoisotopic (exact) mass is 253 g/mol. The van der Waals surface area contributed by atoms with Crippen molar-refractivity contribution in [3.8, 4) is 0 Å². The van der Waals surface area contributed by atoms with E-state index in [1.54, 1.807) is 0 Å². The van der Waals surface area contributed by atoms with Crippen molar-refractivity contribution in [2.75, 3.05) is 32.7 Å². The first-order valence-electron chi connectivity index (χ1n) is 7.49. The molecule has 2 fully saturated rings. The maximum absolute atomic E-state index is 12.5. The van der Waals surface area contributed by atoms with E-state index >= 15 is 0 Å². The van der Waals surface area contributed by atoms with Crippen LogP contribution in [0.3, 0.4) is 0 Å². The summed E-state index contributed by atoms with van der Waals surface area (Å²) in [5.74, 6) is 0.404. The topological polar surface area (TPSA) is 49.6 Å². The molecule has 4 nitrogen and oxygen atoms in total. The molecule has 2 N–H and O–H groups in total. The maximum Gasteiger partial charge on any atom is 0.227 e. The van der Waals surface area contributed by atoms with Crippen LogP contribution in [0.2, 0.25) is 0 Å². The summed E-state index contributed by atoms with van der Waals surface area (Å²) < 4.78 is 0. The number of hydrogen-bond acceptors (Lipinski definition) is 3. The van der Waals surface area contributed by atoms with E-state index in [0.717, 1.165) is 45.6 Å². The number of carbonyl (C=O) groups is 1. The number of piperazine rings is 1. The van der Waals surface area contributed by atoms with Crippen LogP contribution in [0.5, 0.6) is 0 Å². The number of amides is 1. The maximum atomic E-state index is 12.5. The van der Waals surface area contributed by atoms with Crippen LogP contribution in [0, 0.1) is 5.92 Å². The summed E-state index contributed by atoms with van der Waals surface area (Å²) in [5, 5.41) is 0. The Bertz CT molecular complexity index is 274. The third-order valence-corrected chi connectivity index (χ3v) is 4.52. The third kappa shape index (κ3) is 3.23. The van der Waals surface area contributed by atoms with E-state index < -0.39 is 0 Å². The highest BCUT2D eigenvalue weighted by molar-refractivity contribution is 5.79. The van der Waals surface area contributed by atoms with Gasteiger partial charge in [0.25, 0.3) is 0 Å². The second-order valence-corrected chi connectivity index (χ2v) is 5.67. The van der Waals surface area contributed by atoms with Crippen LogP contribution >= 0.6 is 0 Å². The molecule has 2 aliphatic rings. The summed E-state index contributed by atoms with van der Waals surface area (Å²) in [4.78, 5) is 17.0. The molecule has 0 spiro atoms. The Hall–Kier alpha value is -0.610. The molecule has 18 heavy (non-hydrogen) atoms. The SMILES string of the molecule is CCN1CCN(C(=O)C2CCCCCC2N)CC1. The largest absolute Gasteiger partial charge is 0.340 e. The van der Waals surface area contributed by atoms with Crippen molar-refractivity contribution < 1.29 is 4.79 Å². The molecule has 4 heteroatoms. The van der Waals surface area contributed by atoms with Gasteiger partial charge in [-0.25, -0.2) is 0 Å². The second-order valence-electron chi connectivity index (χ2n) is 5.67. The molecular weight excluding hydrogens is 226 g/mol. The highest BCUT2D eigenvalue weighted by Crippen LogP contribution is 2.24. The van der Waals surface area contributed by atoms with E-state index in [9.17, 15) is 4.79 Å². The Labute approximate surface area is 110 Å². The molecule has 0 aromatic rings. The van der Waals surface area contributed by atoms with Crippen LogP contribution in [0.25, 0.3) is 0 Å². The van der Waals surface area contributed by atoms with Crippen LogP contribution in [0.1, 0.15) is 39.0 Å². The number of nitrogens with zero attached hydrogens (tertiary/aromatic N) is 2. The second kappa shape index (κ2) is 6.53. The molecule has 2 atom stereocenters. The molecule has 0 aromatic heterocycles. The van der Waals surface area contributed by atoms with Crippen molar-refractivity contribution in [3.63, 3.8) is 0 Å². The lowest BCUT2D eigenvalue weighted by Gasteiger charge is -2.36. The molecule has 0 radical (unpaired) electrons.